The van der Waals surface area contributed by atoms with Crippen LogP contribution in [0, 0.1) is 16.7 Å². The number of carbonyl (C=O) groups is 2. The Morgan fingerprint density at radius 2 is 2.24 bits per heavy atom. The van der Waals surface area contributed by atoms with Crippen LogP contribution in [0.25, 0.3) is 0 Å². The van der Waals surface area contributed by atoms with Gasteiger partial charge in [0.15, 0.2) is 0 Å². The van der Waals surface area contributed by atoms with Crippen LogP contribution >= 0.6 is 0 Å². The summed E-state index contributed by atoms with van der Waals surface area (Å²) >= 11 is 0. The minimum atomic E-state index is -0.988. The number of piperazine rings is 1. The smallest absolute Gasteiger partial charge is 0.317 e. The third kappa shape index (κ3) is 1.93. The molecular weight excluding hydrogens is 220 g/mol. The largest absolute Gasteiger partial charge is 0.337 e. The summed E-state index contributed by atoms with van der Waals surface area (Å²) in [6.07, 6.45) is 0. The van der Waals surface area contributed by atoms with Crippen molar-refractivity contribution in [3.05, 3.63) is 0 Å². The fourth-order valence-corrected chi connectivity index (χ4v) is 2.23. The van der Waals surface area contributed by atoms with Gasteiger partial charge in [-0.3, -0.25) is 4.79 Å². The zero-order valence-corrected chi connectivity index (χ0v) is 10.1. The monoisotopic (exact) mass is 236 g/mol. The van der Waals surface area contributed by atoms with Crippen molar-refractivity contribution in [2.75, 3.05) is 26.2 Å². The number of fused-ring (bicyclic) bond motifs is 1. The van der Waals surface area contributed by atoms with E-state index < -0.39 is 5.41 Å². The van der Waals surface area contributed by atoms with Crippen molar-refractivity contribution in [2.45, 2.75) is 19.9 Å². The molecule has 0 spiro atoms. The highest BCUT2D eigenvalue weighted by atomic mass is 16.2. The maximum absolute atomic E-state index is 12.1. The Morgan fingerprint density at radius 1 is 1.53 bits per heavy atom. The Morgan fingerprint density at radius 3 is 2.88 bits per heavy atom. The maximum atomic E-state index is 12.1. The Labute approximate surface area is 100 Å². The zero-order chi connectivity index (χ0) is 12.6. The fourth-order valence-electron chi connectivity index (χ4n) is 2.23. The van der Waals surface area contributed by atoms with Gasteiger partial charge in [0.25, 0.3) is 0 Å². The van der Waals surface area contributed by atoms with Crippen LogP contribution in [0.4, 0.5) is 4.79 Å². The summed E-state index contributed by atoms with van der Waals surface area (Å²) in [6.45, 7) is 5.40. The molecule has 6 heteroatoms. The normalized spacial score (nSPS) is 24.1. The summed E-state index contributed by atoms with van der Waals surface area (Å²) in [5.74, 6) is -0.154. The average molecular weight is 236 g/mol. The van der Waals surface area contributed by atoms with E-state index in [2.05, 4.69) is 5.32 Å². The number of urea groups is 1. The van der Waals surface area contributed by atoms with Crippen LogP contribution in [-0.4, -0.2) is 54.0 Å². The molecule has 0 aromatic rings. The lowest BCUT2D eigenvalue weighted by Gasteiger charge is -2.38. The summed E-state index contributed by atoms with van der Waals surface area (Å²) < 4.78 is 0. The molecule has 2 aliphatic rings. The van der Waals surface area contributed by atoms with Gasteiger partial charge in [-0.25, -0.2) is 4.79 Å². The van der Waals surface area contributed by atoms with E-state index in [9.17, 15) is 9.59 Å². The Balaban J connectivity index is 2.05. The molecule has 17 heavy (non-hydrogen) atoms. The lowest BCUT2D eigenvalue weighted by molar-refractivity contribution is -0.139. The van der Waals surface area contributed by atoms with Gasteiger partial charge in [0.2, 0.25) is 5.91 Å². The van der Waals surface area contributed by atoms with Gasteiger partial charge < -0.3 is 15.1 Å². The van der Waals surface area contributed by atoms with Gasteiger partial charge in [-0.05, 0) is 13.8 Å². The Hall–Kier alpha value is -1.77. The summed E-state index contributed by atoms with van der Waals surface area (Å²) in [5.41, 5.74) is -0.988. The van der Waals surface area contributed by atoms with E-state index in [-0.39, 0.29) is 18.0 Å². The molecule has 0 aliphatic carbocycles. The quantitative estimate of drug-likeness (QED) is 0.683. The van der Waals surface area contributed by atoms with Crippen LogP contribution in [0.1, 0.15) is 13.8 Å². The third-order valence-corrected chi connectivity index (χ3v) is 3.33. The van der Waals surface area contributed by atoms with Crippen molar-refractivity contribution in [2.24, 2.45) is 5.41 Å². The molecule has 3 amide bonds. The molecule has 0 aromatic heterocycles. The van der Waals surface area contributed by atoms with E-state index in [4.69, 9.17) is 5.26 Å². The SMILES string of the molecule is CC(C)(C#N)C(=O)N1CCN2C(=O)NCC2C1. The first-order valence-corrected chi connectivity index (χ1v) is 5.71. The number of hydrogen-bond acceptors (Lipinski definition) is 3. The van der Waals surface area contributed by atoms with Gasteiger partial charge in [0.05, 0.1) is 12.1 Å². The first-order chi connectivity index (χ1) is 7.95. The first-order valence-electron chi connectivity index (χ1n) is 5.71. The number of nitrogens with one attached hydrogen (secondary N) is 1. The fraction of sp³-hybridized carbons (Fsp3) is 0.727. The van der Waals surface area contributed by atoms with Crippen molar-refractivity contribution in [1.29, 1.82) is 5.26 Å². The van der Waals surface area contributed by atoms with E-state index in [0.29, 0.717) is 26.2 Å². The molecule has 6 nitrogen and oxygen atoms in total. The van der Waals surface area contributed by atoms with Crippen LogP contribution < -0.4 is 5.32 Å². The highest BCUT2D eigenvalue weighted by Crippen LogP contribution is 2.21. The number of rotatable bonds is 1. The van der Waals surface area contributed by atoms with Crippen LogP contribution in [-0.2, 0) is 4.79 Å². The summed E-state index contributed by atoms with van der Waals surface area (Å²) in [5, 5.41) is 11.7. The highest BCUT2D eigenvalue weighted by molar-refractivity contribution is 5.85. The number of nitrogens with zero attached hydrogens (tertiary/aromatic N) is 3. The number of hydrogen-bond donors (Lipinski definition) is 1. The number of nitriles is 1. The summed E-state index contributed by atoms with van der Waals surface area (Å²) in [7, 11) is 0. The van der Waals surface area contributed by atoms with Gasteiger partial charge in [-0.15, -0.1) is 0 Å². The number of carbonyl (C=O) groups excluding carboxylic acids is 2. The molecule has 2 rings (SSSR count). The molecule has 0 bridgehead atoms. The molecule has 1 unspecified atom stereocenters. The summed E-state index contributed by atoms with van der Waals surface area (Å²) in [4.78, 5) is 26.9. The standard InChI is InChI=1S/C11H16N4O2/c1-11(2,7-12)9(16)14-3-4-15-8(6-14)5-13-10(15)17/h8H,3-6H2,1-2H3,(H,13,17). The van der Waals surface area contributed by atoms with Gasteiger partial charge in [-0.2, -0.15) is 5.26 Å². The van der Waals surface area contributed by atoms with Crippen LogP contribution in [0.2, 0.25) is 0 Å². The molecule has 1 atom stereocenters. The van der Waals surface area contributed by atoms with E-state index in [1.165, 1.54) is 0 Å². The van der Waals surface area contributed by atoms with Crippen LogP contribution in [0.15, 0.2) is 0 Å². The molecule has 0 saturated carbocycles. The van der Waals surface area contributed by atoms with Crippen LogP contribution in [0.3, 0.4) is 0 Å². The van der Waals surface area contributed by atoms with E-state index in [1.54, 1.807) is 23.6 Å². The molecule has 92 valence electrons. The van der Waals surface area contributed by atoms with E-state index >= 15 is 0 Å². The van der Waals surface area contributed by atoms with Crippen molar-refractivity contribution < 1.29 is 9.59 Å². The average Bonchev–Trinajstić information content (AvgIpc) is 2.69. The van der Waals surface area contributed by atoms with Crippen molar-refractivity contribution in [1.82, 2.24) is 15.1 Å². The first kappa shape index (κ1) is 11.7. The highest BCUT2D eigenvalue weighted by Gasteiger charge is 2.40. The molecule has 0 aromatic carbocycles. The minimum absolute atomic E-state index is 0.0506. The molecule has 2 aliphatic heterocycles. The zero-order valence-electron chi connectivity index (χ0n) is 10.1. The molecule has 0 radical (unpaired) electrons. The Bertz CT molecular complexity index is 399. The van der Waals surface area contributed by atoms with Gasteiger partial charge in [-0.1, -0.05) is 0 Å². The second-order valence-corrected chi connectivity index (χ2v) is 5.02. The van der Waals surface area contributed by atoms with Gasteiger partial charge in [0.1, 0.15) is 5.41 Å². The predicted molar refractivity (Wildman–Crippen MR) is 59.9 cm³/mol. The van der Waals surface area contributed by atoms with Crippen molar-refractivity contribution >= 4 is 11.9 Å². The van der Waals surface area contributed by atoms with E-state index in [0.717, 1.165) is 0 Å². The van der Waals surface area contributed by atoms with Crippen LogP contribution in [0.5, 0.6) is 0 Å². The molecule has 1 N–H and O–H groups in total. The predicted octanol–water partition coefficient (Wildman–Crippen LogP) is -0.228. The second-order valence-electron chi connectivity index (χ2n) is 5.02. The minimum Gasteiger partial charge on any atom is -0.337 e. The Kier molecular flexibility index (Phi) is 2.69. The summed E-state index contributed by atoms with van der Waals surface area (Å²) in [6, 6.07) is 2.02. The number of amides is 3. The van der Waals surface area contributed by atoms with Crippen molar-refractivity contribution in [3.63, 3.8) is 0 Å². The van der Waals surface area contributed by atoms with E-state index in [1.807, 2.05) is 6.07 Å². The molecule has 2 saturated heterocycles. The second kappa shape index (κ2) is 3.91. The molecular formula is C11H16N4O2. The molecule has 2 heterocycles. The van der Waals surface area contributed by atoms with Crippen molar-refractivity contribution in [3.8, 4) is 6.07 Å². The topological polar surface area (TPSA) is 76.4 Å². The van der Waals surface area contributed by atoms with Gasteiger partial charge >= 0.3 is 6.03 Å². The lowest BCUT2D eigenvalue weighted by Crippen LogP contribution is -2.56. The molecule has 2 fully saturated rings. The van der Waals surface area contributed by atoms with Gasteiger partial charge in [0, 0.05) is 26.2 Å². The lowest BCUT2D eigenvalue weighted by atomic mass is 9.93. The maximum Gasteiger partial charge on any atom is 0.317 e. The third-order valence-electron chi connectivity index (χ3n) is 3.33.